The summed E-state index contributed by atoms with van der Waals surface area (Å²) in [5.74, 6) is 2.77. The van der Waals surface area contributed by atoms with E-state index < -0.39 is 12.2 Å². The van der Waals surface area contributed by atoms with Crippen molar-refractivity contribution in [1.29, 1.82) is 0 Å². The molecule has 2 fully saturated rings. The molecule has 10 nitrogen and oxygen atoms in total. The standard InChI is InChI=1S/C47H65N3O7/c1-5-6-7-10-28-20-30-22-37(53)31(19-27(2)3)21-33(30)44-42(55-4)25-40-34(43(28)44)24-38(54)45(57-40)29-11-12-36(52)41(23-29)56-39-13-17-47(15-8-9-16-47)35(26-51)32(39)14-18-50-46(48)49/h11-12,21-23,25,27-28,32,35,38-39,45,51-54H,5-10,13-20,24,26H2,1-4H3,(H4,48,49,50)/t28-,32-,35-,38-,39+,45+/m1/s1. The number of unbranched alkanes of at least 4 members (excludes halogenated alkanes) is 2. The summed E-state index contributed by atoms with van der Waals surface area (Å²) in [6, 6.07) is 11.3. The van der Waals surface area contributed by atoms with Gasteiger partial charge in [0.05, 0.1) is 13.2 Å². The highest BCUT2D eigenvalue weighted by atomic mass is 16.5. The van der Waals surface area contributed by atoms with Gasteiger partial charge in [0.1, 0.15) is 29.5 Å². The minimum absolute atomic E-state index is 0.00383. The number of aromatic hydroxyl groups is 2. The maximum absolute atomic E-state index is 12.0. The summed E-state index contributed by atoms with van der Waals surface area (Å²) in [6.45, 7) is 7.04. The van der Waals surface area contributed by atoms with E-state index in [1.165, 1.54) is 18.4 Å². The van der Waals surface area contributed by atoms with Gasteiger partial charge in [-0.25, -0.2) is 0 Å². The Balaban J connectivity index is 1.22. The van der Waals surface area contributed by atoms with E-state index in [9.17, 15) is 20.4 Å². The molecule has 8 N–H and O–H groups in total. The van der Waals surface area contributed by atoms with Crippen LogP contribution in [0.2, 0.25) is 0 Å². The normalized spacial score (nSPS) is 24.7. The van der Waals surface area contributed by atoms with Crippen LogP contribution in [0.25, 0.3) is 11.1 Å². The zero-order chi connectivity index (χ0) is 40.4. The van der Waals surface area contributed by atoms with E-state index in [4.69, 9.17) is 25.7 Å². The number of nitrogens with zero attached hydrogens (tertiary/aromatic N) is 1. The maximum Gasteiger partial charge on any atom is 0.185 e. The minimum Gasteiger partial charge on any atom is -0.508 e. The molecule has 0 radical (unpaired) electrons. The van der Waals surface area contributed by atoms with Gasteiger partial charge in [-0.1, -0.05) is 58.9 Å². The molecule has 0 amide bonds. The average Bonchev–Trinajstić information content (AvgIpc) is 3.65. The fourth-order valence-electron chi connectivity index (χ4n) is 11.1. The van der Waals surface area contributed by atoms with Gasteiger partial charge in [0.15, 0.2) is 17.5 Å². The lowest BCUT2D eigenvalue weighted by Crippen LogP contribution is -2.48. The van der Waals surface area contributed by atoms with Crippen LogP contribution in [0, 0.1) is 23.2 Å². The number of phenolic OH excluding ortho intramolecular Hbond substituents is 2. The third-order valence-electron chi connectivity index (χ3n) is 13.7. The highest BCUT2D eigenvalue weighted by Gasteiger charge is 2.50. The van der Waals surface area contributed by atoms with Crippen molar-refractivity contribution >= 4 is 5.96 Å². The molecule has 1 spiro atoms. The highest BCUT2D eigenvalue weighted by Crippen LogP contribution is 2.57. The molecule has 310 valence electrons. The largest absolute Gasteiger partial charge is 0.508 e. The first-order valence-corrected chi connectivity index (χ1v) is 21.6. The molecule has 0 aromatic heterocycles. The summed E-state index contributed by atoms with van der Waals surface area (Å²) in [7, 11) is 1.70. The number of nitrogens with two attached hydrogens (primary N) is 2. The number of phenols is 2. The lowest BCUT2D eigenvalue weighted by atomic mass is 9.59. The van der Waals surface area contributed by atoms with Gasteiger partial charge in [-0.2, -0.15) is 0 Å². The lowest BCUT2D eigenvalue weighted by molar-refractivity contribution is -0.0610. The number of aliphatic imine (C=N–C) groups is 1. The van der Waals surface area contributed by atoms with Crippen molar-refractivity contribution in [2.75, 3.05) is 20.3 Å². The molecule has 0 bridgehead atoms. The summed E-state index contributed by atoms with van der Waals surface area (Å²) in [6.07, 6.45) is 11.4. The zero-order valence-corrected chi connectivity index (χ0v) is 34.4. The number of rotatable bonds is 14. The smallest absolute Gasteiger partial charge is 0.185 e. The van der Waals surface area contributed by atoms with Gasteiger partial charge in [0.2, 0.25) is 0 Å². The van der Waals surface area contributed by atoms with Crippen molar-refractivity contribution in [3.8, 4) is 39.9 Å². The number of hydrogen-bond donors (Lipinski definition) is 6. The van der Waals surface area contributed by atoms with Crippen LogP contribution >= 0.6 is 0 Å². The van der Waals surface area contributed by atoms with E-state index in [1.807, 2.05) is 12.1 Å². The van der Waals surface area contributed by atoms with Gasteiger partial charge in [-0.05, 0) is 127 Å². The van der Waals surface area contributed by atoms with Crippen molar-refractivity contribution < 1.29 is 34.6 Å². The Kier molecular flexibility index (Phi) is 12.5. The van der Waals surface area contributed by atoms with E-state index in [0.717, 1.165) is 97.8 Å². The molecule has 10 heteroatoms. The molecule has 4 aliphatic rings. The van der Waals surface area contributed by atoms with Crippen molar-refractivity contribution in [3.05, 3.63) is 64.2 Å². The predicted octanol–water partition coefficient (Wildman–Crippen LogP) is 8.22. The lowest BCUT2D eigenvalue weighted by Gasteiger charge is -2.49. The quantitative estimate of drug-likeness (QED) is 0.0535. The number of methoxy groups -OCH3 is 1. The molecule has 1 heterocycles. The molecular formula is C47H65N3O7. The van der Waals surface area contributed by atoms with Gasteiger partial charge in [-0.3, -0.25) is 4.99 Å². The molecule has 3 aliphatic carbocycles. The molecule has 3 aromatic rings. The Hall–Kier alpha value is -4.15. The van der Waals surface area contributed by atoms with Crippen LogP contribution in [0.4, 0.5) is 0 Å². The molecule has 0 unspecified atom stereocenters. The number of aliphatic hydroxyl groups is 2. The predicted molar refractivity (Wildman–Crippen MR) is 224 cm³/mol. The van der Waals surface area contributed by atoms with E-state index in [0.29, 0.717) is 48.1 Å². The van der Waals surface area contributed by atoms with Crippen molar-refractivity contribution in [3.63, 3.8) is 0 Å². The molecular weight excluding hydrogens is 719 g/mol. The van der Waals surface area contributed by atoms with Gasteiger partial charge in [-0.15, -0.1) is 0 Å². The third-order valence-corrected chi connectivity index (χ3v) is 13.7. The van der Waals surface area contributed by atoms with E-state index in [1.54, 1.807) is 25.3 Å². The van der Waals surface area contributed by atoms with E-state index >= 15 is 0 Å². The van der Waals surface area contributed by atoms with Gasteiger partial charge < -0.3 is 46.1 Å². The number of aliphatic hydroxyl groups excluding tert-OH is 2. The molecule has 1 aliphatic heterocycles. The Morgan fingerprint density at radius 2 is 1.77 bits per heavy atom. The summed E-state index contributed by atoms with van der Waals surface area (Å²) < 4.78 is 19.7. The first-order valence-electron chi connectivity index (χ1n) is 21.6. The Morgan fingerprint density at radius 3 is 2.47 bits per heavy atom. The summed E-state index contributed by atoms with van der Waals surface area (Å²) >= 11 is 0. The molecule has 0 saturated heterocycles. The molecule has 57 heavy (non-hydrogen) atoms. The van der Waals surface area contributed by atoms with Gasteiger partial charge >= 0.3 is 0 Å². The van der Waals surface area contributed by atoms with Crippen LogP contribution in [0.1, 0.15) is 131 Å². The van der Waals surface area contributed by atoms with Crippen molar-refractivity contribution in [2.45, 2.75) is 135 Å². The van der Waals surface area contributed by atoms with Crippen LogP contribution < -0.4 is 25.7 Å². The topological polar surface area (TPSA) is 173 Å². The molecule has 7 rings (SSSR count). The first-order chi connectivity index (χ1) is 27.5. The SMILES string of the molecule is CCCCC[C@@H]1Cc2cc(O)c(CC(C)C)cc2-c2c(OC)cc3c(c21)C[C@@H](O)[C@H](c1ccc(O)c(O[C@H]2CCC4(CCCC4)[C@H](CO)[C@H]2CCN=C(N)N)c1)O3. The Bertz CT molecular complexity index is 1920. The second-order valence-corrected chi connectivity index (χ2v) is 17.8. The monoisotopic (exact) mass is 783 g/mol. The van der Waals surface area contributed by atoms with Gasteiger partial charge in [0.25, 0.3) is 0 Å². The number of benzene rings is 3. The highest BCUT2D eigenvalue weighted by molar-refractivity contribution is 5.83. The van der Waals surface area contributed by atoms with Crippen LogP contribution in [0.5, 0.6) is 28.7 Å². The molecule has 6 atom stereocenters. The van der Waals surface area contributed by atoms with Gasteiger partial charge in [0, 0.05) is 42.7 Å². The maximum atomic E-state index is 12.0. The number of fused-ring (bicyclic) bond motifs is 5. The number of guanidine groups is 1. The average molecular weight is 784 g/mol. The van der Waals surface area contributed by atoms with Crippen LogP contribution in [-0.2, 0) is 19.3 Å². The van der Waals surface area contributed by atoms with Crippen LogP contribution in [0.3, 0.4) is 0 Å². The fraction of sp³-hybridized carbons (Fsp3) is 0.596. The van der Waals surface area contributed by atoms with Crippen molar-refractivity contribution in [1.82, 2.24) is 0 Å². The summed E-state index contributed by atoms with van der Waals surface area (Å²) in [5, 5.41) is 45.0. The fourth-order valence-corrected chi connectivity index (χ4v) is 11.1. The second-order valence-electron chi connectivity index (χ2n) is 17.8. The number of hydrogen-bond acceptors (Lipinski definition) is 8. The zero-order valence-electron chi connectivity index (χ0n) is 34.4. The van der Waals surface area contributed by atoms with Crippen molar-refractivity contribution in [2.24, 2.45) is 39.6 Å². The molecule has 2 saturated carbocycles. The Morgan fingerprint density at radius 1 is 0.982 bits per heavy atom. The molecule has 3 aromatic carbocycles. The van der Waals surface area contributed by atoms with Crippen LogP contribution in [-0.4, -0.2) is 58.9 Å². The summed E-state index contributed by atoms with van der Waals surface area (Å²) in [5.41, 5.74) is 18.5. The summed E-state index contributed by atoms with van der Waals surface area (Å²) in [4.78, 5) is 4.28. The third kappa shape index (κ3) is 8.27. The van der Waals surface area contributed by atoms with E-state index in [2.05, 4.69) is 31.8 Å². The minimum atomic E-state index is -0.857. The first kappa shape index (κ1) is 41.0. The van der Waals surface area contributed by atoms with E-state index in [-0.39, 0.29) is 47.6 Å². The van der Waals surface area contributed by atoms with Crippen LogP contribution in [0.15, 0.2) is 41.4 Å². The second kappa shape index (κ2) is 17.4. The Labute approximate surface area is 338 Å². The number of ether oxygens (including phenoxy) is 3.